The molecule has 0 bridgehead atoms. The van der Waals surface area contributed by atoms with Crippen LogP contribution in [-0.2, 0) is 10.0 Å². The standard InChI is InChI=1S/C18H19FN4O3S/c1-10(2)23-15(24)8-7-14-16(13-6-5-12(19)9-11(13)3)20-18(21-17(14)23)22-27(4,25)26/h5-10H,1-4H3,(H,20,21,22). The van der Waals surface area contributed by atoms with Gasteiger partial charge in [-0.3, -0.25) is 14.1 Å². The second-order valence-electron chi connectivity index (χ2n) is 6.60. The largest absolute Gasteiger partial charge is 0.290 e. The molecule has 3 rings (SSSR count). The van der Waals surface area contributed by atoms with E-state index in [2.05, 4.69) is 14.7 Å². The van der Waals surface area contributed by atoms with Crippen molar-refractivity contribution in [2.45, 2.75) is 26.8 Å². The average molecular weight is 390 g/mol. The molecule has 0 aliphatic carbocycles. The first-order valence-corrected chi connectivity index (χ1v) is 10.1. The van der Waals surface area contributed by atoms with Crippen LogP contribution in [0.25, 0.3) is 22.3 Å². The SMILES string of the molecule is Cc1cc(F)ccc1-c1nc(NS(C)(=O)=O)nc2c1ccc(=O)n2C(C)C. The van der Waals surface area contributed by atoms with E-state index in [1.54, 1.807) is 19.1 Å². The zero-order chi connectivity index (χ0) is 19.9. The first-order chi connectivity index (χ1) is 12.6. The fourth-order valence-corrected chi connectivity index (χ4v) is 3.37. The van der Waals surface area contributed by atoms with Gasteiger partial charge in [-0.15, -0.1) is 0 Å². The number of aryl methyl sites for hydroxylation is 1. The summed E-state index contributed by atoms with van der Waals surface area (Å²) in [4.78, 5) is 20.9. The highest BCUT2D eigenvalue weighted by molar-refractivity contribution is 7.91. The van der Waals surface area contributed by atoms with Gasteiger partial charge < -0.3 is 0 Å². The molecule has 0 aliphatic heterocycles. The minimum Gasteiger partial charge on any atom is -0.290 e. The Hall–Kier alpha value is -2.81. The molecule has 1 N–H and O–H groups in total. The van der Waals surface area contributed by atoms with Crippen molar-refractivity contribution >= 4 is 27.0 Å². The molecule has 0 spiro atoms. The van der Waals surface area contributed by atoms with Gasteiger partial charge in [-0.25, -0.2) is 17.8 Å². The van der Waals surface area contributed by atoms with Crippen LogP contribution in [0.2, 0.25) is 0 Å². The molecule has 2 aromatic heterocycles. The zero-order valence-electron chi connectivity index (χ0n) is 15.3. The summed E-state index contributed by atoms with van der Waals surface area (Å²) in [7, 11) is -3.63. The van der Waals surface area contributed by atoms with Gasteiger partial charge in [-0.05, 0) is 50.6 Å². The number of nitrogens with one attached hydrogen (secondary N) is 1. The Bertz CT molecular complexity index is 1200. The van der Waals surface area contributed by atoms with Crippen LogP contribution in [0.5, 0.6) is 0 Å². The lowest BCUT2D eigenvalue weighted by Gasteiger charge is -2.16. The van der Waals surface area contributed by atoms with Crippen LogP contribution in [0.4, 0.5) is 10.3 Å². The molecule has 0 fully saturated rings. The van der Waals surface area contributed by atoms with Crippen LogP contribution in [0.15, 0.2) is 35.1 Å². The Labute approximate surface area is 156 Å². The molecule has 1 aromatic carbocycles. The molecule has 9 heteroatoms. The predicted molar refractivity (Wildman–Crippen MR) is 103 cm³/mol. The van der Waals surface area contributed by atoms with Gasteiger partial charge in [0.05, 0.1) is 11.9 Å². The normalized spacial score (nSPS) is 11.9. The molecule has 27 heavy (non-hydrogen) atoms. The molecule has 0 unspecified atom stereocenters. The van der Waals surface area contributed by atoms with Crippen molar-refractivity contribution in [2.75, 3.05) is 11.0 Å². The van der Waals surface area contributed by atoms with Crippen molar-refractivity contribution in [3.63, 3.8) is 0 Å². The quantitative estimate of drug-likeness (QED) is 0.739. The summed E-state index contributed by atoms with van der Waals surface area (Å²) in [5.74, 6) is -0.535. The van der Waals surface area contributed by atoms with Crippen molar-refractivity contribution in [1.82, 2.24) is 14.5 Å². The van der Waals surface area contributed by atoms with E-state index in [4.69, 9.17) is 0 Å². The lowest BCUT2D eigenvalue weighted by atomic mass is 10.0. The van der Waals surface area contributed by atoms with Gasteiger partial charge in [0.15, 0.2) is 0 Å². The van der Waals surface area contributed by atoms with E-state index < -0.39 is 10.0 Å². The topological polar surface area (TPSA) is 94.0 Å². The maximum absolute atomic E-state index is 13.5. The van der Waals surface area contributed by atoms with Crippen LogP contribution >= 0.6 is 0 Å². The molecule has 0 aliphatic rings. The lowest BCUT2D eigenvalue weighted by molar-refractivity contribution is 0.595. The minimum atomic E-state index is -3.63. The van der Waals surface area contributed by atoms with E-state index >= 15 is 0 Å². The maximum Gasteiger partial charge on any atom is 0.252 e. The van der Waals surface area contributed by atoms with E-state index in [0.29, 0.717) is 27.9 Å². The van der Waals surface area contributed by atoms with Gasteiger partial charge in [-0.2, -0.15) is 4.98 Å². The van der Waals surface area contributed by atoms with Crippen molar-refractivity contribution in [1.29, 1.82) is 0 Å². The Morgan fingerprint density at radius 3 is 2.44 bits per heavy atom. The van der Waals surface area contributed by atoms with Crippen LogP contribution in [0.3, 0.4) is 0 Å². The number of sulfonamides is 1. The van der Waals surface area contributed by atoms with Gasteiger partial charge in [0.1, 0.15) is 11.5 Å². The van der Waals surface area contributed by atoms with E-state index in [0.717, 1.165) is 6.26 Å². The third-order valence-electron chi connectivity index (χ3n) is 4.02. The molecule has 2 heterocycles. The van der Waals surface area contributed by atoms with Gasteiger partial charge in [0.25, 0.3) is 5.56 Å². The molecule has 3 aromatic rings. The Morgan fingerprint density at radius 1 is 1.15 bits per heavy atom. The lowest BCUT2D eigenvalue weighted by Crippen LogP contribution is -2.23. The first kappa shape index (κ1) is 19.0. The Kier molecular flexibility index (Phi) is 4.73. The number of nitrogens with zero attached hydrogens (tertiary/aromatic N) is 3. The minimum absolute atomic E-state index is 0.149. The molecular weight excluding hydrogens is 371 g/mol. The highest BCUT2D eigenvalue weighted by Crippen LogP contribution is 2.30. The van der Waals surface area contributed by atoms with Gasteiger partial charge in [0.2, 0.25) is 16.0 Å². The highest BCUT2D eigenvalue weighted by atomic mass is 32.2. The molecule has 0 atom stereocenters. The van der Waals surface area contributed by atoms with Crippen molar-refractivity contribution in [3.05, 3.63) is 52.1 Å². The number of aromatic nitrogens is 3. The summed E-state index contributed by atoms with van der Waals surface area (Å²) < 4.78 is 40.6. The van der Waals surface area contributed by atoms with Crippen LogP contribution in [0.1, 0.15) is 25.5 Å². The van der Waals surface area contributed by atoms with E-state index in [9.17, 15) is 17.6 Å². The number of halogens is 1. The molecule has 0 saturated carbocycles. The number of rotatable bonds is 4. The summed E-state index contributed by atoms with van der Waals surface area (Å²) in [5, 5.41) is 0.567. The zero-order valence-corrected chi connectivity index (χ0v) is 16.1. The highest BCUT2D eigenvalue weighted by Gasteiger charge is 2.18. The van der Waals surface area contributed by atoms with Crippen LogP contribution in [0, 0.1) is 12.7 Å². The number of anilines is 1. The van der Waals surface area contributed by atoms with E-state index in [-0.39, 0.29) is 23.4 Å². The summed E-state index contributed by atoms with van der Waals surface area (Å²) in [6.07, 6.45) is 0.990. The molecule has 0 saturated heterocycles. The summed E-state index contributed by atoms with van der Waals surface area (Å²) in [6.45, 7) is 5.39. The second kappa shape index (κ2) is 6.73. The summed E-state index contributed by atoms with van der Waals surface area (Å²) in [5.41, 5.74) is 1.70. The predicted octanol–water partition coefficient (Wildman–Crippen LogP) is 2.86. The van der Waals surface area contributed by atoms with Gasteiger partial charge in [0, 0.05) is 23.1 Å². The Balaban J connectivity index is 2.44. The number of pyridine rings is 1. The summed E-state index contributed by atoms with van der Waals surface area (Å²) in [6, 6.07) is 7.05. The molecule has 7 nitrogen and oxygen atoms in total. The van der Waals surface area contributed by atoms with Crippen LogP contribution < -0.4 is 10.3 Å². The maximum atomic E-state index is 13.5. The number of benzene rings is 1. The monoisotopic (exact) mass is 390 g/mol. The summed E-state index contributed by atoms with van der Waals surface area (Å²) >= 11 is 0. The molecule has 142 valence electrons. The van der Waals surface area contributed by atoms with E-state index in [1.807, 2.05) is 13.8 Å². The molecule has 0 radical (unpaired) electrons. The van der Waals surface area contributed by atoms with Crippen molar-refractivity contribution in [3.8, 4) is 11.3 Å². The number of hydrogen-bond donors (Lipinski definition) is 1. The van der Waals surface area contributed by atoms with Crippen molar-refractivity contribution < 1.29 is 12.8 Å². The Morgan fingerprint density at radius 2 is 1.85 bits per heavy atom. The average Bonchev–Trinajstić information content (AvgIpc) is 2.52. The van der Waals surface area contributed by atoms with Crippen molar-refractivity contribution in [2.24, 2.45) is 0 Å². The third kappa shape index (κ3) is 3.82. The fraction of sp³-hybridized carbons (Fsp3) is 0.278. The third-order valence-corrected chi connectivity index (χ3v) is 4.57. The van der Waals surface area contributed by atoms with Gasteiger partial charge >= 0.3 is 0 Å². The molecular formula is C18H19FN4O3S. The fourth-order valence-electron chi connectivity index (χ4n) is 2.94. The molecule has 0 amide bonds. The number of hydrogen-bond acceptors (Lipinski definition) is 5. The van der Waals surface area contributed by atoms with Crippen LogP contribution in [-0.4, -0.2) is 29.2 Å². The van der Waals surface area contributed by atoms with E-state index in [1.165, 1.54) is 22.8 Å². The first-order valence-electron chi connectivity index (χ1n) is 8.24. The smallest absolute Gasteiger partial charge is 0.252 e. The number of fused-ring (bicyclic) bond motifs is 1. The second-order valence-corrected chi connectivity index (χ2v) is 8.35. The van der Waals surface area contributed by atoms with Gasteiger partial charge in [-0.1, -0.05) is 0 Å².